The highest BCUT2D eigenvalue weighted by atomic mass is 31.2. The van der Waals surface area contributed by atoms with Crippen molar-refractivity contribution in [2.75, 3.05) is 0 Å². The van der Waals surface area contributed by atoms with Gasteiger partial charge in [-0.3, -0.25) is 0 Å². The third-order valence-electron chi connectivity index (χ3n) is 5.07. The van der Waals surface area contributed by atoms with Gasteiger partial charge in [0.1, 0.15) is 17.2 Å². The molecule has 0 radical (unpaired) electrons. The summed E-state index contributed by atoms with van der Waals surface area (Å²) in [5, 5.41) is 0. The SMILES string of the molecule is CCCCCCC(C)c1ccccc1OP(=O)(Oc1ccccc1)Oc1ccccc1. The number of hydrogen-bond acceptors (Lipinski definition) is 4. The second-order valence-corrected chi connectivity index (χ2v) is 9.08. The van der Waals surface area contributed by atoms with Crippen molar-refractivity contribution in [3.8, 4) is 17.2 Å². The van der Waals surface area contributed by atoms with E-state index in [0.717, 1.165) is 18.4 Å². The van der Waals surface area contributed by atoms with Crippen LogP contribution in [0.3, 0.4) is 0 Å². The molecule has 0 fully saturated rings. The van der Waals surface area contributed by atoms with Crippen molar-refractivity contribution in [2.45, 2.75) is 51.9 Å². The van der Waals surface area contributed by atoms with E-state index in [4.69, 9.17) is 13.6 Å². The molecule has 5 heteroatoms. The first-order chi connectivity index (χ1) is 15.1. The predicted molar refractivity (Wildman–Crippen MR) is 126 cm³/mol. The molecule has 0 aliphatic rings. The Kier molecular flexibility index (Phi) is 8.61. The van der Waals surface area contributed by atoms with Gasteiger partial charge in [-0.1, -0.05) is 94.1 Å². The molecule has 3 aromatic carbocycles. The van der Waals surface area contributed by atoms with Crippen LogP contribution in [-0.2, 0) is 4.57 Å². The molecule has 31 heavy (non-hydrogen) atoms. The van der Waals surface area contributed by atoms with Gasteiger partial charge in [-0.2, -0.15) is 4.57 Å². The van der Waals surface area contributed by atoms with E-state index >= 15 is 0 Å². The average molecular weight is 439 g/mol. The summed E-state index contributed by atoms with van der Waals surface area (Å²) in [4.78, 5) is 0. The van der Waals surface area contributed by atoms with E-state index in [0.29, 0.717) is 17.2 Å². The third-order valence-corrected chi connectivity index (χ3v) is 6.36. The van der Waals surface area contributed by atoms with Gasteiger partial charge in [0, 0.05) is 0 Å². The second kappa shape index (κ2) is 11.6. The van der Waals surface area contributed by atoms with Crippen LogP contribution in [0.15, 0.2) is 84.9 Å². The summed E-state index contributed by atoms with van der Waals surface area (Å²) < 4.78 is 31.3. The van der Waals surface area contributed by atoms with Gasteiger partial charge in [0.15, 0.2) is 0 Å². The maximum Gasteiger partial charge on any atom is 0.647 e. The number of rotatable bonds is 12. The molecule has 0 aliphatic carbocycles. The first kappa shape index (κ1) is 23.0. The first-order valence-corrected chi connectivity index (χ1v) is 12.4. The van der Waals surface area contributed by atoms with Crippen molar-refractivity contribution in [2.24, 2.45) is 0 Å². The molecule has 0 spiro atoms. The molecule has 3 aromatic rings. The standard InChI is InChI=1S/C26H31O4P/c1-3-4-5-8-15-22(2)25-20-13-14-21-26(25)30-31(27,28-23-16-9-6-10-17-23)29-24-18-11-7-12-19-24/h6-7,9-14,16-22H,3-5,8,15H2,1-2H3. The van der Waals surface area contributed by atoms with Gasteiger partial charge in [-0.15, -0.1) is 0 Å². The van der Waals surface area contributed by atoms with Crippen LogP contribution in [0, 0.1) is 0 Å². The molecule has 0 N–H and O–H groups in total. The zero-order valence-corrected chi connectivity index (χ0v) is 19.2. The normalized spacial score (nSPS) is 12.2. The Labute approximate surface area is 185 Å². The van der Waals surface area contributed by atoms with Gasteiger partial charge in [0.05, 0.1) is 0 Å². The number of unbranched alkanes of at least 4 members (excludes halogenated alkanes) is 3. The Morgan fingerprint density at radius 2 is 1.26 bits per heavy atom. The van der Waals surface area contributed by atoms with Crippen LogP contribution < -0.4 is 13.6 Å². The van der Waals surface area contributed by atoms with Crippen molar-refractivity contribution in [3.63, 3.8) is 0 Å². The molecule has 3 rings (SSSR count). The van der Waals surface area contributed by atoms with E-state index in [1.54, 1.807) is 24.3 Å². The molecule has 1 atom stereocenters. The van der Waals surface area contributed by atoms with Crippen molar-refractivity contribution in [3.05, 3.63) is 90.5 Å². The van der Waals surface area contributed by atoms with Crippen molar-refractivity contribution >= 4 is 7.82 Å². The van der Waals surface area contributed by atoms with E-state index in [9.17, 15) is 4.57 Å². The fraction of sp³-hybridized carbons (Fsp3) is 0.308. The van der Waals surface area contributed by atoms with Crippen LogP contribution in [0.1, 0.15) is 57.4 Å². The molecule has 4 nitrogen and oxygen atoms in total. The number of benzene rings is 3. The summed E-state index contributed by atoms with van der Waals surface area (Å²) in [5.74, 6) is 1.65. The van der Waals surface area contributed by atoms with Gasteiger partial charge in [0.25, 0.3) is 0 Å². The average Bonchev–Trinajstić information content (AvgIpc) is 2.78. The van der Waals surface area contributed by atoms with Gasteiger partial charge in [-0.05, 0) is 48.2 Å². The van der Waals surface area contributed by atoms with Crippen molar-refractivity contribution in [1.29, 1.82) is 0 Å². The Balaban J connectivity index is 1.83. The lowest BCUT2D eigenvalue weighted by Crippen LogP contribution is -2.09. The minimum absolute atomic E-state index is 0.273. The van der Waals surface area contributed by atoms with Crippen LogP contribution >= 0.6 is 7.82 Å². The van der Waals surface area contributed by atoms with E-state index < -0.39 is 7.82 Å². The lowest BCUT2D eigenvalue weighted by atomic mass is 9.94. The molecule has 0 saturated heterocycles. The molecule has 0 heterocycles. The Morgan fingerprint density at radius 3 is 1.84 bits per heavy atom. The molecule has 0 saturated carbocycles. The summed E-state index contributed by atoms with van der Waals surface area (Å²) in [6.45, 7) is 4.39. The maximum atomic E-state index is 13.7. The Bertz CT molecular complexity index is 914. The smallest absolute Gasteiger partial charge is 0.386 e. The number of phosphoric acid groups is 1. The van der Waals surface area contributed by atoms with E-state index in [1.807, 2.05) is 60.7 Å². The molecule has 0 bridgehead atoms. The van der Waals surface area contributed by atoms with Crippen LogP contribution in [0.25, 0.3) is 0 Å². The second-order valence-electron chi connectivity index (χ2n) is 7.64. The van der Waals surface area contributed by atoms with Crippen LogP contribution in [-0.4, -0.2) is 0 Å². The maximum absolute atomic E-state index is 13.7. The van der Waals surface area contributed by atoms with E-state index in [1.165, 1.54) is 19.3 Å². The van der Waals surface area contributed by atoms with Crippen molar-refractivity contribution < 1.29 is 18.1 Å². The highest BCUT2D eigenvalue weighted by Gasteiger charge is 2.34. The lowest BCUT2D eigenvalue weighted by molar-refractivity contribution is 0.296. The summed E-state index contributed by atoms with van der Waals surface area (Å²) in [7, 11) is -3.99. The first-order valence-electron chi connectivity index (χ1n) is 11.0. The predicted octanol–water partition coefficient (Wildman–Crippen LogP) is 8.41. The molecular weight excluding hydrogens is 407 g/mol. The molecule has 1 unspecified atom stereocenters. The van der Waals surface area contributed by atoms with Crippen LogP contribution in [0.4, 0.5) is 0 Å². The third kappa shape index (κ3) is 7.18. The monoisotopic (exact) mass is 438 g/mol. The Hall–Kier alpha value is -2.71. The zero-order chi connectivity index (χ0) is 21.9. The van der Waals surface area contributed by atoms with Gasteiger partial charge < -0.3 is 13.6 Å². The summed E-state index contributed by atoms with van der Waals surface area (Å²) in [5.41, 5.74) is 1.01. The minimum Gasteiger partial charge on any atom is -0.386 e. The highest BCUT2D eigenvalue weighted by Crippen LogP contribution is 2.51. The number of para-hydroxylation sites is 3. The van der Waals surface area contributed by atoms with Gasteiger partial charge in [0.2, 0.25) is 0 Å². The summed E-state index contributed by atoms with van der Waals surface area (Å²) in [6.07, 6.45) is 5.88. The molecule has 164 valence electrons. The van der Waals surface area contributed by atoms with Gasteiger partial charge in [-0.25, -0.2) is 0 Å². The molecule has 0 amide bonds. The fourth-order valence-electron chi connectivity index (χ4n) is 3.40. The van der Waals surface area contributed by atoms with E-state index in [-0.39, 0.29) is 5.92 Å². The lowest BCUT2D eigenvalue weighted by Gasteiger charge is -2.22. The topological polar surface area (TPSA) is 44.8 Å². The molecule has 0 aliphatic heterocycles. The quantitative estimate of drug-likeness (QED) is 0.210. The summed E-state index contributed by atoms with van der Waals surface area (Å²) in [6, 6.07) is 25.6. The number of hydrogen-bond donors (Lipinski definition) is 0. The van der Waals surface area contributed by atoms with Crippen LogP contribution in [0.2, 0.25) is 0 Å². The fourth-order valence-corrected chi connectivity index (χ4v) is 4.68. The summed E-state index contributed by atoms with van der Waals surface area (Å²) >= 11 is 0. The zero-order valence-electron chi connectivity index (χ0n) is 18.3. The van der Waals surface area contributed by atoms with Gasteiger partial charge >= 0.3 is 7.82 Å². The minimum atomic E-state index is -3.99. The molecular formula is C26H31O4P. The van der Waals surface area contributed by atoms with Crippen LogP contribution in [0.5, 0.6) is 17.2 Å². The Morgan fingerprint density at radius 1 is 0.710 bits per heavy atom. The van der Waals surface area contributed by atoms with E-state index in [2.05, 4.69) is 13.8 Å². The molecule has 0 aromatic heterocycles. The van der Waals surface area contributed by atoms with Crippen molar-refractivity contribution in [1.82, 2.24) is 0 Å². The number of phosphoric ester groups is 1. The highest BCUT2D eigenvalue weighted by molar-refractivity contribution is 7.49. The largest absolute Gasteiger partial charge is 0.647 e.